The topological polar surface area (TPSA) is 3.24 Å². The smallest absolute Gasteiger partial charge is 0.0467 e. The molecule has 0 spiro atoms. The molecule has 1 aliphatic rings. The third kappa shape index (κ3) is 7.13. The Balaban J connectivity index is 0.927. The van der Waals surface area contributed by atoms with Crippen LogP contribution in [-0.4, -0.2) is 0 Å². The first kappa shape index (κ1) is 40.0. The Kier molecular flexibility index (Phi) is 10.0. The second-order valence-corrected chi connectivity index (χ2v) is 17.8. The summed E-state index contributed by atoms with van der Waals surface area (Å²) in [6, 6.07) is 97.6. The third-order valence-electron chi connectivity index (χ3n) is 14.0. The molecular formula is C66H47N. The van der Waals surface area contributed by atoms with Gasteiger partial charge in [0.05, 0.1) is 0 Å². The minimum absolute atomic E-state index is 0.253. The van der Waals surface area contributed by atoms with Gasteiger partial charge >= 0.3 is 0 Å². The minimum atomic E-state index is -0.253. The highest BCUT2D eigenvalue weighted by atomic mass is 15.1. The summed E-state index contributed by atoms with van der Waals surface area (Å²) in [6.07, 6.45) is 0. The van der Waals surface area contributed by atoms with Crippen LogP contribution in [-0.2, 0) is 5.41 Å². The van der Waals surface area contributed by atoms with Crippen molar-refractivity contribution in [3.63, 3.8) is 0 Å². The predicted octanol–water partition coefficient (Wildman–Crippen LogP) is 18.0. The fourth-order valence-corrected chi connectivity index (χ4v) is 10.6. The zero-order chi connectivity index (χ0) is 44.7. The second kappa shape index (κ2) is 16.8. The van der Waals surface area contributed by atoms with Crippen LogP contribution in [0.15, 0.2) is 267 Å². The molecule has 0 bridgehead atoms. The highest BCUT2D eigenvalue weighted by molar-refractivity contribution is 5.97. The summed E-state index contributed by atoms with van der Waals surface area (Å²) in [6.45, 7) is 2.39. The summed E-state index contributed by atoms with van der Waals surface area (Å²) in [5, 5.41) is 2.53. The fraction of sp³-hybridized carbons (Fsp3) is 0.0303. The highest BCUT2D eigenvalue weighted by Gasteiger charge is 2.41. The van der Waals surface area contributed by atoms with Crippen LogP contribution in [0.3, 0.4) is 0 Å². The van der Waals surface area contributed by atoms with E-state index < -0.39 is 0 Å². The van der Waals surface area contributed by atoms with Crippen molar-refractivity contribution in [1.82, 2.24) is 0 Å². The molecule has 0 fully saturated rings. The van der Waals surface area contributed by atoms with Crippen LogP contribution in [0.1, 0.15) is 23.6 Å². The van der Waals surface area contributed by atoms with Crippen molar-refractivity contribution in [2.75, 3.05) is 4.90 Å². The van der Waals surface area contributed by atoms with E-state index in [4.69, 9.17) is 0 Å². The maximum absolute atomic E-state index is 2.39. The van der Waals surface area contributed by atoms with Crippen molar-refractivity contribution in [2.45, 2.75) is 12.3 Å². The molecule has 0 aliphatic heterocycles. The zero-order valence-electron chi connectivity index (χ0n) is 37.4. The van der Waals surface area contributed by atoms with Gasteiger partial charge in [0.15, 0.2) is 0 Å². The summed E-state index contributed by atoms with van der Waals surface area (Å²) in [5.74, 6) is 0. The van der Waals surface area contributed by atoms with Crippen LogP contribution in [0.4, 0.5) is 17.1 Å². The Labute approximate surface area is 393 Å². The van der Waals surface area contributed by atoms with Gasteiger partial charge < -0.3 is 4.90 Å². The molecule has 1 aliphatic carbocycles. The van der Waals surface area contributed by atoms with Gasteiger partial charge in [0.2, 0.25) is 0 Å². The Bertz CT molecular complexity index is 3550. The molecule has 0 amide bonds. The van der Waals surface area contributed by atoms with Crippen molar-refractivity contribution in [3.8, 4) is 66.8 Å². The molecule has 1 heteroatoms. The Morgan fingerprint density at radius 2 is 0.731 bits per heavy atom. The van der Waals surface area contributed by atoms with E-state index in [2.05, 4.69) is 279 Å². The molecule has 0 saturated carbocycles. The largest absolute Gasteiger partial charge is 0.310 e. The van der Waals surface area contributed by atoms with Gasteiger partial charge in [0.25, 0.3) is 0 Å². The van der Waals surface area contributed by atoms with Gasteiger partial charge in [0, 0.05) is 22.5 Å². The molecule has 0 radical (unpaired) electrons. The van der Waals surface area contributed by atoms with Crippen molar-refractivity contribution < 1.29 is 0 Å². The molecular weight excluding hydrogens is 807 g/mol. The molecule has 0 aromatic heterocycles. The van der Waals surface area contributed by atoms with E-state index in [1.807, 2.05) is 0 Å². The molecule has 316 valence electrons. The number of hydrogen-bond donors (Lipinski definition) is 0. The van der Waals surface area contributed by atoms with Crippen molar-refractivity contribution in [1.29, 1.82) is 0 Å². The van der Waals surface area contributed by atoms with Crippen LogP contribution >= 0.6 is 0 Å². The van der Waals surface area contributed by atoms with Gasteiger partial charge in [-0.25, -0.2) is 0 Å². The average molecular weight is 854 g/mol. The molecule has 11 aromatic carbocycles. The van der Waals surface area contributed by atoms with Crippen molar-refractivity contribution in [3.05, 3.63) is 284 Å². The second-order valence-electron chi connectivity index (χ2n) is 17.8. The summed E-state index contributed by atoms with van der Waals surface area (Å²) < 4.78 is 0. The number of fused-ring (bicyclic) bond motifs is 4. The highest BCUT2D eigenvalue weighted by Crippen LogP contribution is 2.55. The van der Waals surface area contributed by atoms with Gasteiger partial charge in [-0.2, -0.15) is 0 Å². The van der Waals surface area contributed by atoms with E-state index >= 15 is 0 Å². The van der Waals surface area contributed by atoms with Gasteiger partial charge in [0.1, 0.15) is 0 Å². The van der Waals surface area contributed by atoms with Gasteiger partial charge in [-0.15, -0.1) is 0 Å². The summed E-state index contributed by atoms with van der Waals surface area (Å²) in [4.78, 5) is 2.39. The van der Waals surface area contributed by atoms with E-state index in [0.29, 0.717) is 0 Å². The molecule has 67 heavy (non-hydrogen) atoms. The first-order chi connectivity index (χ1) is 33.1. The molecule has 1 atom stereocenters. The maximum Gasteiger partial charge on any atom is 0.0467 e. The summed E-state index contributed by atoms with van der Waals surface area (Å²) in [7, 11) is 0. The van der Waals surface area contributed by atoms with Crippen molar-refractivity contribution >= 4 is 27.8 Å². The van der Waals surface area contributed by atoms with Crippen LogP contribution in [0, 0.1) is 0 Å². The van der Waals surface area contributed by atoms with Crippen LogP contribution in [0.5, 0.6) is 0 Å². The monoisotopic (exact) mass is 853 g/mol. The minimum Gasteiger partial charge on any atom is -0.310 e. The Morgan fingerprint density at radius 3 is 1.48 bits per heavy atom. The van der Waals surface area contributed by atoms with E-state index in [1.165, 1.54) is 94.2 Å². The number of hydrogen-bond acceptors (Lipinski definition) is 1. The Morgan fingerprint density at radius 1 is 0.284 bits per heavy atom. The number of anilines is 3. The van der Waals surface area contributed by atoms with E-state index in [1.54, 1.807) is 0 Å². The molecule has 0 heterocycles. The molecule has 0 saturated heterocycles. The lowest BCUT2D eigenvalue weighted by Gasteiger charge is -2.28. The molecule has 12 rings (SSSR count). The lowest BCUT2D eigenvalue weighted by molar-refractivity contribution is 0.714. The quantitative estimate of drug-likeness (QED) is 0.140. The molecule has 1 unspecified atom stereocenters. The van der Waals surface area contributed by atoms with Crippen LogP contribution in [0.2, 0.25) is 0 Å². The van der Waals surface area contributed by atoms with Crippen LogP contribution < -0.4 is 4.90 Å². The number of benzene rings is 11. The third-order valence-corrected chi connectivity index (χ3v) is 14.0. The van der Waals surface area contributed by atoms with Crippen molar-refractivity contribution in [2.24, 2.45) is 0 Å². The standard InChI is InChI=1S/C66H47N/c1-66(55-23-6-3-7-24-55)63-30-11-10-27-62(63)65-61(29-15-31-64(65)66)51-38-42-57(43-39-51)67(58-25-13-22-54(45-58)53-21-12-20-52(44-53)46-16-4-2-5-17-46)56-40-36-48(37-41-56)47-32-34-50(35-33-47)60-28-14-19-49-18-8-9-26-59(49)60/h2-45H,1H3. The number of rotatable bonds is 9. The number of nitrogens with zero attached hydrogens (tertiary/aromatic N) is 1. The average Bonchev–Trinajstić information content (AvgIpc) is 3.68. The predicted molar refractivity (Wildman–Crippen MR) is 283 cm³/mol. The SMILES string of the molecule is CC1(c2ccccc2)c2ccccc2-c2c(-c3ccc(N(c4ccc(-c5ccc(-c6cccc7ccccc67)cc5)cc4)c4cccc(-c5cccc(-c6ccccc6)c5)c4)cc3)cccc21. The lowest BCUT2D eigenvalue weighted by atomic mass is 9.74. The molecule has 1 nitrogen and oxygen atoms in total. The zero-order valence-corrected chi connectivity index (χ0v) is 37.4. The summed E-state index contributed by atoms with van der Waals surface area (Å²) >= 11 is 0. The van der Waals surface area contributed by atoms with Gasteiger partial charge in [-0.3, -0.25) is 0 Å². The van der Waals surface area contributed by atoms with Crippen LogP contribution in [0.25, 0.3) is 77.5 Å². The lowest BCUT2D eigenvalue weighted by Crippen LogP contribution is -2.22. The fourth-order valence-electron chi connectivity index (χ4n) is 10.6. The van der Waals surface area contributed by atoms with E-state index in [9.17, 15) is 0 Å². The van der Waals surface area contributed by atoms with E-state index in [-0.39, 0.29) is 5.41 Å². The first-order valence-electron chi connectivity index (χ1n) is 23.2. The maximum atomic E-state index is 2.39. The molecule has 11 aromatic rings. The normalized spacial score (nSPS) is 13.8. The summed E-state index contributed by atoms with van der Waals surface area (Å²) in [5.41, 5.74) is 21.7. The Hall–Kier alpha value is -8.52. The first-order valence-corrected chi connectivity index (χ1v) is 23.2. The van der Waals surface area contributed by atoms with Gasteiger partial charge in [-0.05, 0) is 144 Å². The molecule has 0 N–H and O–H groups in total. The van der Waals surface area contributed by atoms with E-state index in [0.717, 1.165) is 17.1 Å². The van der Waals surface area contributed by atoms with Gasteiger partial charge in [-0.1, -0.05) is 224 Å².